The molecule has 0 atom stereocenters. The molecule has 0 aromatic rings. The number of aliphatic hydroxyl groups is 1. The van der Waals surface area contributed by atoms with E-state index in [9.17, 15) is 5.11 Å². The van der Waals surface area contributed by atoms with E-state index in [2.05, 4.69) is 6.58 Å². The Kier molecular flexibility index (Phi) is 2.50. The van der Waals surface area contributed by atoms with Gasteiger partial charge >= 0.3 is 0 Å². The van der Waals surface area contributed by atoms with Crippen molar-refractivity contribution in [3.05, 3.63) is 12.7 Å². The van der Waals surface area contributed by atoms with Gasteiger partial charge in [-0.2, -0.15) is 0 Å². The van der Waals surface area contributed by atoms with Crippen LogP contribution in [0.25, 0.3) is 0 Å². The lowest BCUT2D eigenvalue weighted by Crippen LogP contribution is -2.30. The Morgan fingerprint density at radius 1 is 1.30 bits per heavy atom. The molecule has 1 heteroatoms. The third-order valence-corrected chi connectivity index (χ3v) is 2.31. The SMILES string of the molecule is C=CCC1(O)CCCCC1. The lowest BCUT2D eigenvalue weighted by Gasteiger charge is -2.30. The van der Waals surface area contributed by atoms with E-state index in [4.69, 9.17) is 0 Å². The van der Waals surface area contributed by atoms with Gasteiger partial charge in [-0.25, -0.2) is 0 Å². The molecule has 1 N–H and O–H groups in total. The molecule has 0 saturated heterocycles. The normalized spacial score (nSPS) is 24.1. The van der Waals surface area contributed by atoms with Crippen LogP contribution >= 0.6 is 0 Å². The summed E-state index contributed by atoms with van der Waals surface area (Å²) in [6, 6.07) is 0. The summed E-state index contributed by atoms with van der Waals surface area (Å²) >= 11 is 0. The van der Waals surface area contributed by atoms with Crippen LogP contribution in [0.3, 0.4) is 0 Å². The van der Waals surface area contributed by atoms with Crippen LogP contribution in [0.2, 0.25) is 0 Å². The van der Waals surface area contributed by atoms with Crippen LogP contribution in [0.5, 0.6) is 0 Å². The molecular formula is C9H16O. The predicted molar refractivity (Wildman–Crippen MR) is 42.8 cm³/mol. The molecule has 1 fully saturated rings. The second-order valence-electron chi connectivity index (χ2n) is 3.28. The van der Waals surface area contributed by atoms with Gasteiger partial charge in [0.2, 0.25) is 0 Å². The first-order valence-electron chi connectivity index (χ1n) is 4.10. The Morgan fingerprint density at radius 2 is 1.90 bits per heavy atom. The van der Waals surface area contributed by atoms with Crippen LogP contribution < -0.4 is 0 Å². The average molecular weight is 140 g/mol. The van der Waals surface area contributed by atoms with E-state index in [1.165, 1.54) is 19.3 Å². The fourth-order valence-corrected chi connectivity index (χ4v) is 1.68. The largest absolute Gasteiger partial charge is 0.390 e. The summed E-state index contributed by atoms with van der Waals surface area (Å²) in [7, 11) is 0. The van der Waals surface area contributed by atoms with Gasteiger partial charge in [0.05, 0.1) is 5.60 Å². The molecular weight excluding hydrogens is 124 g/mol. The van der Waals surface area contributed by atoms with Crippen molar-refractivity contribution in [2.75, 3.05) is 0 Å². The Balaban J connectivity index is 2.39. The second-order valence-corrected chi connectivity index (χ2v) is 3.28. The van der Waals surface area contributed by atoms with Crippen molar-refractivity contribution in [3.8, 4) is 0 Å². The molecule has 1 aliphatic carbocycles. The molecule has 1 nitrogen and oxygen atoms in total. The minimum absolute atomic E-state index is 0.389. The summed E-state index contributed by atoms with van der Waals surface area (Å²) in [6.45, 7) is 3.64. The summed E-state index contributed by atoms with van der Waals surface area (Å²) < 4.78 is 0. The Labute approximate surface area is 62.8 Å². The first-order valence-corrected chi connectivity index (χ1v) is 4.10. The molecule has 1 aliphatic rings. The van der Waals surface area contributed by atoms with Gasteiger partial charge in [0, 0.05) is 0 Å². The summed E-state index contributed by atoms with van der Waals surface area (Å²) in [5.74, 6) is 0. The molecule has 1 saturated carbocycles. The van der Waals surface area contributed by atoms with Crippen LogP contribution in [-0.4, -0.2) is 10.7 Å². The van der Waals surface area contributed by atoms with Crippen molar-refractivity contribution in [2.24, 2.45) is 0 Å². The van der Waals surface area contributed by atoms with Crippen molar-refractivity contribution >= 4 is 0 Å². The molecule has 0 spiro atoms. The summed E-state index contributed by atoms with van der Waals surface area (Å²) in [6.07, 6.45) is 8.20. The third kappa shape index (κ3) is 1.84. The first-order chi connectivity index (χ1) is 4.77. The Hall–Kier alpha value is -0.300. The maximum absolute atomic E-state index is 9.80. The van der Waals surface area contributed by atoms with Gasteiger partial charge in [0.15, 0.2) is 0 Å². The van der Waals surface area contributed by atoms with Crippen LogP contribution in [0.1, 0.15) is 38.5 Å². The molecule has 0 unspecified atom stereocenters. The number of rotatable bonds is 2. The first kappa shape index (κ1) is 7.80. The van der Waals surface area contributed by atoms with Gasteiger partial charge < -0.3 is 5.11 Å². The summed E-state index contributed by atoms with van der Waals surface area (Å²) in [5, 5.41) is 9.80. The lowest BCUT2D eigenvalue weighted by atomic mass is 9.83. The quantitative estimate of drug-likeness (QED) is 0.583. The standard InChI is InChI=1S/C9H16O/c1-2-6-9(10)7-4-3-5-8-9/h2,10H,1,3-8H2. The van der Waals surface area contributed by atoms with Gasteiger partial charge in [0.1, 0.15) is 0 Å². The topological polar surface area (TPSA) is 20.2 Å². The van der Waals surface area contributed by atoms with Crippen LogP contribution in [0.4, 0.5) is 0 Å². The highest BCUT2D eigenvalue weighted by molar-refractivity contribution is 4.88. The third-order valence-electron chi connectivity index (χ3n) is 2.31. The lowest BCUT2D eigenvalue weighted by molar-refractivity contribution is 0.00703. The minimum atomic E-state index is -0.389. The van der Waals surface area contributed by atoms with Crippen LogP contribution in [-0.2, 0) is 0 Å². The van der Waals surface area contributed by atoms with E-state index in [0.717, 1.165) is 19.3 Å². The van der Waals surface area contributed by atoms with Crippen LogP contribution in [0.15, 0.2) is 12.7 Å². The molecule has 0 aromatic carbocycles. The zero-order chi connectivity index (χ0) is 7.45. The molecule has 0 bridgehead atoms. The van der Waals surface area contributed by atoms with Crippen LogP contribution in [0, 0.1) is 0 Å². The van der Waals surface area contributed by atoms with E-state index in [-0.39, 0.29) is 5.60 Å². The van der Waals surface area contributed by atoms with E-state index < -0.39 is 0 Å². The van der Waals surface area contributed by atoms with Gasteiger partial charge in [-0.3, -0.25) is 0 Å². The molecule has 0 amide bonds. The van der Waals surface area contributed by atoms with E-state index in [0.29, 0.717) is 0 Å². The molecule has 0 radical (unpaired) electrons. The minimum Gasteiger partial charge on any atom is -0.390 e. The summed E-state index contributed by atoms with van der Waals surface area (Å²) in [5.41, 5.74) is -0.389. The highest BCUT2D eigenvalue weighted by Gasteiger charge is 2.26. The Bertz CT molecular complexity index is 112. The molecule has 0 aliphatic heterocycles. The van der Waals surface area contributed by atoms with Crippen molar-refractivity contribution in [3.63, 3.8) is 0 Å². The van der Waals surface area contributed by atoms with Gasteiger partial charge in [-0.05, 0) is 19.3 Å². The molecule has 0 aromatic heterocycles. The fourth-order valence-electron chi connectivity index (χ4n) is 1.68. The number of hydrogen-bond acceptors (Lipinski definition) is 1. The van der Waals surface area contributed by atoms with Gasteiger partial charge in [0.25, 0.3) is 0 Å². The average Bonchev–Trinajstić information content (AvgIpc) is 1.89. The Morgan fingerprint density at radius 3 is 2.40 bits per heavy atom. The second kappa shape index (κ2) is 3.20. The van der Waals surface area contributed by atoms with E-state index in [1.807, 2.05) is 6.08 Å². The van der Waals surface area contributed by atoms with Crippen molar-refractivity contribution in [1.29, 1.82) is 0 Å². The zero-order valence-electron chi connectivity index (χ0n) is 6.47. The van der Waals surface area contributed by atoms with E-state index >= 15 is 0 Å². The van der Waals surface area contributed by atoms with Gasteiger partial charge in [-0.15, -0.1) is 6.58 Å². The highest BCUT2D eigenvalue weighted by atomic mass is 16.3. The molecule has 10 heavy (non-hydrogen) atoms. The van der Waals surface area contributed by atoms with E-state index in [1.54, 1.807) is 0 Å². The monoisotopic (exact) mass is 140 g/mol. The smallest absolute Gasteiger partial charge is 0.0682 e. The van der Waals surface area contributed by atoms with Crippen molar-refractivity contribution in [1.82, 2.24) is 0 Å². The summed E-state index contributed by atoms with van der Waals surface area (Å²) in [4.78, 5) is 0. The highest BCUT2D eigenvalue weighted by Crippen LogP contribution is 2.30. The molecule has 0 heterocycles. The fraction of sp³-hybridized carbons (Fsp3) is 0.778. The molecule has 58 valence electrons. The number of hydrogen-bond donors (Lipinski definition) is 1. The van der Waals surface area contributed by atoms with Crippen molar-refractivity contribution < 1.29 is 5.11 Å². The van der Waals surface area contributed by atoms with Crippen molar-refractivity contribution in [2.45, 2.75) is 44.1 Å². The predicted octanol–water partition coefficient (Wildman–Crippen LogP) is 2.26. The maximum atomic E-state index is 9.80. The van der Waals surface area contributed by atoms with Gasteiger partial charge in [-0.1, -0.05) is 25.3 Å². The maximum Gasteiger partial charge on any atom is 0.0682 e. The molecule has 1 rings (SSSR count). The zero-order valence-corrected chi connectivity index (χ0v) is 6.47.